The van der Waals surface area contributed by atoms with Gasteiger partial charge >= 0.3 is 24.2 Å². The van der Waals surface area contributed by atoms with E-state index >= 15 is 0 Å². The Hall–Kier alpha value is -8.01. The summed E-state index contributed by atoms with van der Waals surface area (Å²) in [6.45, 7) is 8.69. The van der Waals surface area contributed by atoms with Gasteiger partial charge in [0.1, 0.15) is 52.5 Å². The van der Waals surface area contributed by atoms with E-state index in [1.807, 2.05) is 13.0 Å². The average Bonchev–Trinajstić information content (AvgIpc) is 1.69. The fraction of sp³-hybridized carbons (Fsp3) is 0.544. The SMILES string of the molecule is COc1cc(NC(=O)[C@H](CCCNC(N)=O)NC(=O)[C@@H](NC(=O)CCCCC(=O)ON2C(=O)CCC2=O)C(C)C)ccc1NC(=O)O[C@H]1CC(=O)N(C)c2cc(cc(OC)c2Cl)C/C(C)=C/C=C/[C@@H](OC)[C@@]2(O)C[C@H](OC(=O)N2)[C@@H](C)[C@@H]2O[C@@]12C. The van der Waals surface area contributed by atoms with Gasteiger partial charge in [-0.1, -0.05) is 56.2 Å². The fourth-order valence-corrected chi connectivity index (χ4v) is 10.5. The second-order valence-electron chi connectivity index (χ2n) is 21.8. The van der Waals surface area contributed by atoms with E-state index in [1.54, 1.807) is 52.0 Å². The molecule has 27 nitrogen and oxygen atoms in total. The van der Waals surface area contributed by atoms with Gasteiger partial charge in [-0.25, -0.2) is 19.2 Å². The van der Waals surface area contributed by atoms with Crippen molar-refractivity contribution < 1.29 is 86.3 Å². The van der Waals surface area contributed by atoms with E-state index in [9.17, 15) is 53.1 Å². The number of rotatable bonds is 21. The van der Waals surface area contributed by atoms with Crippen LogP contribution in [0.25, 0.3) is 0 Å². The van der Waals surface area contributed by atoms with Gasteiger partial charge in [-0.2, -0.15) is 0 Å². The number of imide groups is 1. The Morgan fingerprint density at radius 2 is 1.61 bits per heavy atom. The first-order chi connectivity index (χ1) is 40.2. The number of anilines is 3. The standard InChI is InChI=1S/C57H76ClN9O18/c1-30(2)49(64-43(68)17-10-11-18-47(72)85-67-44(69)21-22-45(67)70)52(74)62-36(15-13-23-60-53(59)75)51(73)61-34-19-20-35(38(27-34)79-7)63-54(76)83-42-28-46(71)66(6)37-25-33(26-39(80-8)48(37)58)24-31(3)14-12-16-41(81-9)57(78)29-40(82-55(77)65-57)32(4)50-56(42,5)84-50/h12,14,16,19-20,25-27,30,32,36,40-42,49-50,78H,10-11,13,15,17-18,21-24,28-29H2,1-9H3,(H,61,73)(H,62,74)(H,63,76)(H,64,68)(H,65,77)(H3,59,60,75)/b16-12+,31-14+/t32-,36+,40+,41-,42+,49+,50+,56+,57+/m1/s1. The van der Waals surface area contributed by atoms with Crippen molar-refractivity contribution in [3.05, 3.63) is 64.7 Å². The van der Waals surface area contributed by atoms with Crippen LogP contribution in [0.5, 0.6) is 11.5 Å². The molecular weight excluding hydrogens is 1130 g/mol. The van der Waals surface area contributed by atoms with Crippen molar-refractivity contribution >= 4 is 88.3 Å². The molecule has 4 bridgehead atoms. The maximum Gasteiger partial charge on any atom is 0.412 e. The van der Waals surface area contributed by atoms with Crippen LogP contribution in [0.3, 0.4) is 0 Å². The number of hydrogen-bond donors (Lipinski definition) is 8. The Bertz CT molecular complexity index is 2920. The van der Waals surface area contributed by atoms with Gasteiger partial charge in [0.2, 0.25) is 23.6 Å². The molecule has 0 radical (unpaired) electrons. The van der Waals surface area contributed by atoms with Crippen molar-refractivity contribution in [3.63, 3.8) is 0 Å². The topological polar surface area (TPSA) is 364 Å². The molecule has 9 atom stereocenters. The number of methoxy groups -OCH3 is 3. The van der Waals surface area contributed by atoms with Crippen molar-refractivity contribution in [2.45, 2.75) is 153 Å². The number of hydroxylamine groups is 2. The van der Waals surface area contributed by atoms with Crippen LogP contribution in [0.1, 0.15) is 104 Å². The number of amides is 10. The second kappa shape index (κ2) is 29.2. The molecule has 3 fully saturated rings. The lowest BCUT2D eigenvalue weighted by Gasteiger charge is -2.42. The first-order valence-electron chi connectivity index (χ1n) is 27.7. The zero-order valence-electron chi connectivity index (χ0n) is 49.0. The molecule has 464 valence electrons. The zero-order chi connectivity index (χ0) is 62.5. The number of aliphatic hydroxyl groups is 1. The number of fused-ring (bicyclic) bond motifs is 5. The summed E-state index contributed by atoms with van der Waals surface area (Å²) < 4.78 is 35.0. The van der Waals surface area contributed by atoms with Crippen LogP contribution < -0.4 is 52.0 Å². The molecule has 9 N–H and O–H groups in total. The van der Waals surface area contributed by atoms with E-state index in [4.69, 9.17) is 50.6 Å². The summed E-state index contributed by atoms with van der Waals surface area (Å²) >= 11 is 6.84. The predicted molar refractivity (Wildman–Crippen MR) is 306 cm³/mol. The van der Waals surface area contributed by atoms with Gasteiger partial charge in [-0.15, -0.1) is 5.06 Å². The van der Waals surface area contributed by atoms with Gasteiger partial charge in [-0.3, -0.25) is 39.4 Å². The third-order valence-corrected chi connectivity index (χ3v) is 15.4. The smallest absolute Gasteiger partial charge is 0.412 e. The molecule has 0 saturated carbocycles. The number of nitrogens with two attached hydrogens (primary N) is 1. The summed E-state index contributed by atoms with van der Waals surface area (Å²) in [6.07, 6.45) is -0.931. The maximum absolute atomic E-state index is 14.5. The number of urea groups is 1. The van der Waals surface area contributed by atoms with Gasteiger partial charge in [0.25, 0.3) is 11.8 Å². The number of ether oxygens (including phenoxy) is 6. The molecular formula is C57H76ClN9O18. The number of nitrogens with one attached hydrogen (secondary N) is 6. The van der Waals surface area contributed by atoms with E-state index in [2.05, 4.69) is 31.9 Å². The zero-order valence-corrected chi connectivity index (χ0v) is 49.7. The summed E-state index contributed by atoms with van der Waals surface area (Å²) in [5, 5.41) is 28.2. The van der Waals surface area contributed by atoms with Crippen LogP contribution in [0.4, 0.5) is 31.4 Å². The van der Waals surface area contributed by atoms with Gasteiger partial charge in [0, 0.05) is 70.5 Å². The highest BCUT2D eigenvalue weighted by Crippen LogP contribution is 2.49. The molecule has 28 heteroatoms. The highest BCUT2D eigenvalue weighted by molar-refractivity contribution is 6.35. The quantitative estimate of drug-likeness (QED) is 0.0482. The number of carbonyl (C=O) groups is 10. The molecule has 10 amide bonds. The first kappa shape index (κ1) is 66.1. The van der Waals surface area contributed by atoms with Crippen molar-refractivity contribution in [1.82, 2.24) is 26.3 Å². The second-order valence-corrected chi connectivity index (χ2v) is 22.1. The minimum absolute atomic E-state index is 0.00625. The Morgan fingerprint density at radius 3 is 2.27 bits per heavy atom. The largest absolute Gasteiger partial charge is 0.495 e. The molecule has 6 rings (SSSR count). The van der Waals surface area contributed by atoms with Crippen molar-refractivity contribution in [3.8, 4) is 11.5 Å². The predicted octanol–water partition coefficient (Wildman–Crippen LogP) is 4.56. The number of carbonyl (C=O) groups excluding carboxylic acids is 10. The summed E-state index contributed by atoms with van der Waals surface area (Å²) in [5.74, 6) is -5.29. The van der Waals surface area contributed by atoms with Crippen LogP contribution in [0.15, 0.2) is 54.1 Å². The van der Waals surface area contributed by atoms with E-state index in [0.29, 0.717) is 22.9 Å². The number of hydrogen-bond acceptors (Lipinski definition) is 18. The Morgan fingerprint density at radius 1 is 0.918 bits per heavy atom. The van der Waals surface area contributed by atoms with Crippen molar-refractivity contribution in [1.29, 1.82) is 0 Å². The van der Waals surface area contributed by atoms with E-state index in [0.717, 1.165) is 11.1 Å². The summed E-state index contributed by atoms with van der Waals surface area (Å²) in [6, 6.07) is 4.56. The van der Waals surface area contributed by atoms with Gasteiger partial charge in [0.05, 0.1) is 38.1 Å². The molecule has 4 heterocycles. The molecule has 2 aromatic carbocycles. The lowest BCUT2D eigenvalue weighted by Crippen LogP contribution is -2.63. The number of nitrogens with zero attached hydrogens (tertiary/aromatic N) is 2. The molecule has 0 spiro atoms. The number of epoxide rings is 1. The number of allylic oxidation sites excluding steroid dienone is 3. The Balaban J connectivity index is 1.17. The van der Waals surface area contributed by atoms with E-state index < -0.39 is 126 Å². The minimum Gasteiger partial charge on any atom is -0.495 e. The highest BCUT2D eigenvalue weighted by Gasteiger charge is 2.64. The molecule has 85 heavy (non-hydrogen) atoms. The first-order valence-corrected chi connectivity index (χ1v) is 28.1. The monoisotopic (exact) mass is 1210 g/mol. The number of halogens is 1. The summed E-state index contributed by atoms with van der Waals surface area (Å²) in [4.78, 5) is 136. The lowest BCUT2D eigenvalue weighted by molar-refractivity contribution is -0.197. The number of unbranched alkanes of at least 4 members (excludes halogenated alkanes) is 1. The summed E-state index contributed by atoms with van der Waals surface area (Å²) in [5.41, 5.74) is 4.08. The molecule has 0 aliphatic carbocycles. The highest BCUT2D eigenvalue weighted by atomic mass is 35.5. The van der Waals surface area contributed by atoms with E-state index in [1.165, 1.54) is 51.5 Å². The molecule has 4 aliphatic heterocycles. The third kappa shape index (κ3) is 17.3. The molecule has 0 unspecified atom stereocenters. The van der Waals surface area contributed by atoms with Gasteiger partial charge in [0.15, 0.2) is 5.72 Å². The Kier molecular flexibility index (Phi) is 22.7. The summed E-state index contributed by atoms with van der Waals surface area (Å²) in [7, 11) is 5.67. The minimum atomic E-state index is -1.92. The van der Waals surface area contributed by atoms with Crippen LogP contribution in [-0.4, -0.2) is 153 Å². The van der Waals surface area contributed by atoms with Gasteiger partial charge < -0.3 is 70.3 Å². The maximum atomic E-state index is 14.5. The van der Waals surface area contributed by atoms with Crippen molar-refractivity contribution in [2.24, 2.45) is 17.6 Å². The van der Waals surface area contributed by atoms with Gasteiger partial charge in [-0.05, 0) is 81.7 Å². The molecule has 0 aromatic heterocycles. The van der Waals surface area contributed by atoms with Crippen LogP contribution >= 0.6 is 11.6 Å². The number of benzene rings is 2. The third-order valence-electron chi connectivity index (χ3n) is 15.0. The number of alkyl carbamates (subject to hydrolysis) is 1. The molecule has 4 aliphatic rings. The van der Waals surface area contributed by atoms with Crippen LogP contribution in [0, 0.1) is 11.8 Å². The Labute approximate surface area is 496 Å². The van der Waals surface area contributed by atoms with Crippen LogP contribution in [-0.2, 0) is 63.8 Å². The fourth-order valence-electron chi connectivity index (χ4n) is 10.2. The lowest BCUT2D eigenvalue weighted by atomic mass is 9.83. The van der Waals surface area contributed by atoms with E-state index in [-0.39, 0.29) is 86.5 Å². The molecule has 2 aromatic rings. The average molecular weight is 1210 g/mol. The molecule has 3 saturated heterocycles. The normalized spacial score (nSPS) is 24.9. The van der Waals surface area contributed by atoms with Crippen molar-refractivity contribution in [2.75, 3.05) is 50.5 Å². The van der Waals surface area contributed by atoms with Crippen LogP contribution in [0.2, 0.25) is 5.02 Å². The number of primary amides is 1.